The van der Waals surface area contributed by atoms with Crippen LogP contribution in [-0.2, 0) is 4.79 Å². The molecule has 0 unspecified atom stereocenters. The van der Waals surface area contributed by atoms with E-state index in [-0.39, 0.29) is 5.91 Å². The predicted molar refractivity (Wildman–Crippen MR) is 44.2 cm³/mol. The summed E-state index contributed by atoms with van der Waals surface area (Å²) in [7, 11) is 0. The van der Waals surface area contributed by atoms with Gasteiger partial charge in [-0.15, -0.1) is 0 Å². The van der Waals surface area contributed by atoms with Gasteiger partial charge < -0.3 is 10.6 Å². The van der Waals surface area contributed by atoms with Crippen molar-refractivity contribution in [2.45, 2.75) is 12.8 Å². The van der Waals surface area contributed by atoms with Gasteiger partial charge in [-0.25, -0.2) is 0 Å². The van der Waals surface area contributed by atoms with Crippen molar-refractivity contribution in [1.29, 1.82) is 5.26 Å². The fourth-order valence-corrected chi connectivity index (χ4v) is 1.08. The third-order valence-electron chi connectivity index (χ3n) is 1.90. The Labute approximate surface area is 71.9 Å². The number of nitrogens with zero attached hydrogens (tertiary/aromatic N) is 1. The average Bonchev–Trinajstić information content (AvgIpc) is 1.98. The number of nitriles is 1. The molecule has 12 heavy (non-hydrogen) atoms. The van der Waals surface area contributed by atoms with E-state index >= 15 is 0 Å². The summed E-state index contributed by atoms with van der Waals surface area (Å²) in [5.41, 5.74) is 0. The van der Waals surface area contributed by atoms with Crippen molar-refractivity contribution in [2.75, 3.05) is 19.6 Å². The van der Waals surface area contributed by atoms with Crippen LogP contribution in [0.2, 0.25) is 0 Å². The van der Waals surface area contributed by atoms with Crippen LogP contribution in [0.3, 0.4) is 0 Å². The maximum Gasteiger partial charge on any atom is 0.220 e. The fraction of sp³-hybridized carbons (Fsp3) is 0.750. The highest BCUT2D eigenvalue weighted by Gasteiger charge is 2.19. The lowest BCUT2D eigenvalue weighted by atomic mass is 9.99. The second-order valence-electron chi connectivity index (χ2n) is 2.99. The molecule has 4 heteroatoms. The van der Waals surface area contributed by atoms with E-state index in [9.17, 15) is 4.79 Å². The van der Waals surface area contributed by atoms with Gasteiger partial charge in [0.15, 0.2) is 0 Å². The Hall–Kier alpha value is -1.08. The summed E-state index contributed by atoms with van der Waals surface area (Å²) in [4.78, 5) is 11.1. The van der Waals surface area contributed by atoms with Gasteiger partial charge in [0, 0.05) is 13.0 Å². The van der Waals surface area contributed by atoms with Crippen molar-refractivity contribution < 1.29 is 4.79 Å². The molecule has 0 aromatic heterocycles. The third kappa shape index (κ3) is 2.89. The maximum atomic E-state index is 11.1. The lowest BCUT2D eigenvalue weighted by Gasteiger charge is -2.26. The largest absolute Gasteiger partial charge is 0.355 e. The van der Waals surface area contributed by atoms with E-state index in [4.69, 9.17) is 5.26 Å². The van der Waals surface area contributed by atoms with Gasteiger partial charge in [0.1, 0.15) is 0 Å². The maximum absolute atomic E-state index is 11.1. The molecule has 2 N–H and O–H groups in total. The van der Waals surface area contributed by atoms with Crippen molar-refractivity contribution >= 4 is 5.91 Å². The summed E-state index contributed by atoms with van der Waals surface area (Å²) >= 11 is 0. The summed E-state index contributed by atoms with van der Waals surface area (Å²) in [5.74, 6) is 0.573. The quantitative estimate of drug-likeness (QED) is 0.561. The summed E-state index contributed by atoms with van der Waals surface area (Å²) < 4.78 is 0. The van der Waals surface area contributed by atoms with Crippen molar-refractivity contribution in [3.63, 3.8) is 0 Å². The molecule has 66 valence electrons. The molecule has 4 nitrogen and oxygen atoms in total. The van der Waals surface area contributed by atoms with Crippen molar-refractivity contribution in [2.24, 2.45) is 5.92 Å². The summed E-state index contributed by atoms with van der Waals surface area (Å²) in [6.07, 6.45) is 0.993. The molecular weight excluding hydrogens is 154 g/mol. The normalized spacial score (nSPS) is 16.2. The van der Waals surface area contributed by atoms with E-state index in [1.54, 1.807) is 0 Å². The van der Waals surface area contributed by atoms with Gasteiger partial charge in [-0.2, -0.15) is 5.26 Å². The second-order valence-corrected chi connectivity index (χ2v) is 2.99. The summed E-state index contributed by atoms with van der Waals surface area (Å²) in [6, 6.07) is 1.98. The highest BCUT2D eigenvalue weighted by atomic mass is 16.1. The molecule has 1 aliphatic heterocycles. The van der Waals surface area contributed by atoms with Gasteiger partial charge in [-0.05, 0) is 19.0 Å². The van der Waals surface area contributed by atoms with E-state index in [1.807, 2.05) is 6.07 Å². The second kappa shape index (κ2) is 4.73. The van der Waals surface area contributed by atoms with Gasteiger partial charge >= 0.3 is 0 Å². The Bertz CT molecular complexity index is 193. The number of hydrogen-bond acceptors (Lipinski definition) is 3. The van der Waals surface area contributed by atoms with Gasteiger partial charge in [0.25, 0.3) is 0 Å². The van der Waals surface area contributed by atoms with Crippen molar-refractivity contribution in [1.82, 2.24) is 10.6 Å². The zero-order chi connectivity index (χ0) is 8.81. The molecule has 0 aromatic carbocycles. The minimum Gasteiger partial charge on any atom is -0.355 e. The molecule has 0 bridgehead atoms. The Morgan fingerprint density at radius 2 is 2.42 bits per heavy atom. The van der Waals surface area contributed by atoms with Crippen LogP contribution >= 0.6 is 0 Å². The Morgan fingerprint density at radius 1 is 1.67 bits per heavy atom. The van der Waals surface area contributed by atoms with E-state index < -0.39 is 0 Å². The molecule has 1 amide bonds. The number of rotatable bonds is 4. The van der Waals surface area contributed by atoms with Crippen LogP contribution < -0.4 is 10.6 Å². The fourth-order valence-electron chi connectivity index (χ4n) is 1.08. The number of carbonyl (C=O) groups excluding carboxylic acids is 1. The van der Waals surface area contributed by atoms with E-state index in [0.717, 1.165) is 13.1 Å². The van der Waals surface area contributed by atoms with Gasteiger partial charge in [0.2, 0.25) is 5.91 Å². The van der Waals surface area contributed by atoms with Gasteiger partial charge in [-0.1, -0.05) is 0 Å². The van der Waals surface area contributed by atoms with Crippen molar-refractivity contribution in [3.05, 3.63) is 0 Å². The minimum absolute atomic E-state index is 0.0664. The monoisotopic (exact) mass is 167 g/mol. The van der Waals surface area contributed by atoms with Gasteiger partial charge in [0.05, 0.1) is 12.5 Å². The molecule has 1 heterocycles. The first-order valence-electron chi connectivity index (χ1n) is 4.17. The number of amides is 1. The molecule has 0 spiro atoms. The molecule has 1 aliphatic rings. The first kappa shape index (κ1) is 9.01. The summed E-state index contributed by atoms with van der Waals surface area (Å²) in [6.45, 7) is 2.38. The van der Waals surface area contributed by atoms with E-state index in [0.29, 0.717) is 25.3 Å². The zero-order valence-electron chi connectivity index (χ0n) is 6.97. The summed E-state index contributed by atoms with van der Waals surface area (Å²) in [5, 5.41) is 14.0. The topological polar surface area (TPSA) is 64.9 Å². The predicted octanol–water partition coefficient (Wildman–Crippen LogP) is -0.374. The zero-order valence-corrected chi connectivity index (χ0v) is 6.97. The Kier molecular flexibility index (Phi) is 3.55. The van der Waals surface area contributed by atoms with E-state index in [1.165, 1.54) is 0 Å². The van der Waals surface area contributed by atoms with Crippen molar-refractivity contribution in [3.8, 4) is 6.07 Å². The van der Waals surface area contributed by atoms with Crippen LogP contribution in [0, 0.1) is 17.2 Å². The lowest BCUT2D eigenvalue weighted by molar-refractivity contribution is -0.122. The standard InChI is InChI=1S/C8H13N3O/c9-2-1-3-11-8(12)4-7-5-10-6-7/h7,10H,1,3-6H2,(H,11,12). The van der Waals surface area contributed by atoms with Crippen LogP contribution in [0.1, 0.15) is 12.8 Å². The molecule has 0 atom stereocenters. The highest BCUT2D eigenvalue weighted by Crippen LogP contribution is 2.07. The molecular formula is C8H13N3O. The van der Waals surface area contributed by atoms with Gasteiger partial charge in [-0.3, -0.25) is 4.79 Å². The Morgan fingerprint density at radius 3 is 2.92 bits per heavy atom. The third-order valence-corrected chi connectivity index (χ3v) is 1.90. The molecule has 1 rings (SSSR count). The number of nitrogens with one attached hydrogen (secondary N) is 2. The molecule has 0 saturated carbocycles. The highest BCUT2D eigenvalue weighted by molar-refractivity contribution is 5.76. The van der Waals surface area contributed by atoms with Crippen LogP contribution in [-0.4, -0.2) is 25.5 Å². The molecule has 0 radical (unpaired) electrons. The number of hydrogen-bond donors (Lipinski definition) is 2. The first-order valence-corrected chi connectivity index (χ1v) is 4.17. The number of carbonyl (C=O) groups is 1. The molecule has 0 aliphatic carbocycles. The van der Waals surface area contributed by atoms with E-state index in [2.05, 4.69) is 10.6 Å². The first-order chi connectivity index (χ1) is 5.83. The SMILES string of the molecule is N#CCCNC(=O)CC1CNC1. The lowest BCUT2D eigenvalue weighted by Crippen LogP contribution is -2.44. The smallest absolute Gasteiger partial charge is 0.220 e. The minimum atomic E-state index is 0.0664. The molecule has 1 fully saturated rings. The van der Waals surface area contributed by atoms with Crippen LogP contribution in [0.4, 0.5) is 0 Å². The Balaban J connectivity index is 2.00. The molecule has 1 saturated heterocycles. The van der Waals surface area contributed by atoms with Crippen LogP contribution in [0.15, 0.2) is 0 Å². The average molecular weight is 167 g/mol. The van der Waals surface area contributed by atoms with Crippen LogP contribution in [0.25, 0.3) is 0 Å². The van der Waals surface area contributed by atoms with Crippen LogP contribution in [0.5, 0.6) is 0 Å². The molecule has 0 aromatic rings.